The molecule has 1 aliphatic rings. The van der Waals surface area contributed by atoms with E-state index in [-0.39, 0.29) is 0 Å². The molecule has 0 aromatic carbocycles. The number of rotatable bonds is 2. The number of carbonyl (C=O) groups is 2. The van der Waals surface area contributed by atoms with Crippen LogP contribution >= 0.6 is 0 Å². The van der Waals surface area contributed by atoms with Crippen LogP contribution in [0, 0.1) is 5.92 Å². The Morgan fingerprint density at radius 1 is 1.33 bits per heavy atom. The molecule has 0 bridgehead atoms. The van der Waals surface area contributed by atoms with E-state index in [0.717, 1.165) is 0 Å². The average Bonchev–Trinajstić information content (AvgIpc) is 2.04. The maximum Gasteiger partial charge on any atom is 0.329 e. The second-order valence-corrected chi connectivity index (χ2v) is 2.64. The van der Waals surface area contributed by atoms with Crippen molar-refractivity contribution >= 4 is 18.2 Å². The summed E-state index contributed by atoms with van der Waals surface area (Å²) in [7, 11) is 0. The van der Waals surface area contributed by atoms with Crippen LogP contribution in [0.3, 0.4) is 0 Å². The SMILES string of the molecule is O=C(O)C1CCC=N[C@@H]1C(=O)O. The fraction of sp³-hybridized carbons (Fsp3) is 0.571. The number of carboxylic acids is 2. The summed E-state index contributed by atoms with van der Waals surface area (Å²) >= 11 is 0. The Hall–Kier alpha value is -1.39. The van der Waals surface area contributed by atoms with Gasteiger partial charge in [0.25, 0.3) is 0 Å². The Labute approximate surface area is 68.7 Å². The van der Waals surface area contributed by atoms with E-state index < -0.39 is 23.9 Å². The first kappa shape index (κ1) is 8.70. The molecule has 2 N–H and O–H groups in total. The van der Waals surface area contributed by atoms with Crippen LogP contribution in [0.5, 0.6) is 0 Å². The summed E-state index contributed by atoms with van der Waals surface area (Å²) in [4.78, 5) is 24.7. The molecule has 0 amide bonds. The minimum atomic E-state index is -1.17. The molecule has 5 heteroatoms. The number of hydrogen-bond donors (Lipinski definition) is 2. The summed E-state index contributed by atoms with van der Waals surface area (Å²) in [6.45, 7) is 0. The molecule has 12 heavy (non-hydrogen) atoms. The molecule has 0 saturated carbocycles. The maximum absolute atomic E-state index is 10.5. The van der Waals surface area contributed by atoms with Gasteiger partial charge in [-0.1, -0.05) is 0 Å². The van der Waals surface area contributed by atoms with Crippen LogP contribution in [0.4, 0.5) is 0 Å². The number of nitrogens with zero attached hydrogens (tertiary/aromatic N) is 1. The topological polar surface area (TPSA) is 87.0 Å². The van der Waals surface area contributed by atoms with Gasteiger partial charge in [0.2, 0.25) is 0 Å². The maximum atomic E-state index is 10.5. The standard InChI is InChI=1S/C7H9NO4/c9-6(10)4-2-1-3-8-5(4)7(11)12/h3-5H,1-2H2,(H,9,10)(H,11,12)/t4?,5-/m0/s1. The monoisotopic (exact) mass is 171 g/mol. The first-order chi connectivity index (χ1) is 5.63. The highest BCUT2D eigenvalue weighted by atomic mass is 16.4. The Morgan fingerprint density at radius 2 is 2.00 bits per heavy atom. The highest BCUT2D eigenvalue weighted by molar-refractivity contribution is 5.85. The zero-order chi connectivity index (χ0) is 9.14. The molecule has 1 unspecified atom stereocenters. The van der Waals surface area contributed by atoms with Crippen LogP contribution in [-0.4, -0.2) is 34.4 Å². The van der Waals surface area contributed by atoms with Crippen LogP contribution in [0.15, 0.2) is 4.99 Å². The van der Waals surface area contributed by atoms with Gasteiger partial charge in [-0.05, 0) is 19.1 Å². The molecule has 5 nitrogen and oxygen atoms in total. The lowest BCUT2D eigenvalue weighted by Gasteiger charge is -2.19. The number of aliphatic carboxylic acids is 2. The van der Waals surface area contributed by atoms with Gasteiger partial charge in [0.05, 0.1) is 5.92 Å². The van der Waals surface area contributed by atoms with Crippen molar-refractivity contribution in [3.63, 3.8) is 0 Å². The smallest absolute Gasteiger partial charge is 0.329 e. The van der Waals surface area contributed by atoms with Crippen molar-refractivity contribution in [3.8, 4) is 0 Å². The zero-order valence-corrected chi connectivity index (χ0v) is 6.30. The predicted molar refractivity (Wildman–Crippen MR) is 40.3 cm³/mol. The van der Waals surface area contributed by atoms with Crippen LogP contribution in [-0.2, 0) is 9.59 Å². The predicted octanol–water partition coefficient (Wildman–Crippen LogP) is 0.00500. The molecule has 0 aromatic heterocycles. The molecule has 0 aliphatic carbocycles. The van der Waals surface area contributed by atoms with Gasteiger partial charge in [-0.2, -0.15) is 0 Å². The van der Waals surface area contributed by atoms with Gasteiger partial charge in [0, 0.05) is 0 Å². The van der Waals surface area contributed by atoms with E-state index in [9.17, 15) is 9.59 Å². The average molecular weight is 171 g/mol. The third-order valence-electron chi connectivity index (χ3n) is 1.82. The van der Waals surface area contributed by atoms with Crippen molar-refractivity contribution in [3.05, 3.63) is 0 Å². The van der Waals surface area contributed by atoms with Gasteiger partial charge < -0.3 is 10.2 Å². The zero-order valence-electron chi connectivity index (χ0n) is 6.30. The largest absolute Gasteiger partial charge is 0.481 e. The molecule has 0 spiro atoms. The van der Waals surface area contributed by atoms with E-state index in [1.54, 1.807) is 0 Å². The Morgan fingerprint density at radius 3 is 2.42 bits per heavy atom. The van der Waals surface area contributed by atoms with Crippen molar-refractivity contribution in [2.45, 2.75) is 18.9 Å². The van der Waals surface area contributed by atoms with Gasteiger partial charge in [-0.15, -0.1) is 0 Å². The fourth-order valence-electron chi connectivity index (χ4n) is 1.20. The van der Waals surface area contributed by atoms with Crippen molar-refractivity contribution < 1.29 is 19.8 Å². The minimum Gasteiger partial charge on any atom is -0.481 e. The third kappa shape index (κ3) is 1.61. The summed E-state index contributed by atoms with van der Waals surface area (Å²) in [5.74, 6) is -3.12. The Bertz CT molecular complexity index is 236. The summed E-state index contributed by atoms with van der Waals surface area (Å²) in [6.07, 6.45) is 2.37. The highest BCUT2D eigenvalue weighted by Gasteiger charge is 2.34. The number of carboxylic acid groups (broad SMARTS) is 2. The molecule has 1 heterocycles. The molecular formula is C7H9NO4. The number of aliphatic imine (C=N–C) groups is 1. The van der Waals surface area contributed by atoms with E-state index in [1.165, 1.54) is 6.21 Å². The summed E-state index contributed by atoms with van der Waals surface area (Å²) in [5, 5.41) is 17.2. The second-order valence-electron chi connectivity index (χ2n) is 2.64. The van der Waals surface area contributed by atoms with Crippen LogP contribution in [0.2, 0.25) is 0 Å². The summed E-state index contributed by atoms with van der Waals surface area (Å²) in [6, 6.07) is -1.10. The van der Waals surface area contributed by atoms with Crippen molar-refractivity contribution in [1.29, 1.82) is 0 Å². The second kappa shape index (κ2) is 3.34. The van der Waals surface area contributed by atoms with Gasteiger partial charge in [-0.25, -0.2) is 4.79 Å². The lowest BCUT2D eigenvalue weighted by molar-refractivity contribution is -0.150. The quantitative estimate of drug-likeness (QED) is 0.612. The van der Waals surface area contributed by atoms with E-state index in [4.69, 9.17) is 10.2 Å². The molecule has 0 aromatic rings. The first-order valence-corrected chi connectivity index (χ1v) is 3.60. The van der Waals surface area contributed by atoms with E-state index in [0.29, 0.717) is 12.8 Å². The van der Waals surface area contributed by atoms with Gasteiger partial charge in [0.15, 0.2) is 6.04 Å². The molecule has 66 valence electrons. The van der Waals surface area contributed by atoms with Crippen LogP contribution < -0.4 is 0 Å². The minimum absolute atomic E-state index is 0.357. The lowest BCUT2D eigenvalue weighted by Crippen LogP contribution is -2.35. The normalized spacial score (nSPS) is 28.3. The van der Waals surface area contributed by atoms with Crippen LogP contribution in [0.1, 0.15) is 12.8 Å². The Kier molecular flexibility index (Phi) is 2.42. The van der Waals surface area contributed by atoms with E-state index in [1.807, 2.05) is 0 Å². The Balaban J connectivity index is 2.79. The lowest BCUT2D eigenvalue weighted by atomic mass is 9.93. The molecule has 1 aliphatic heterocycles. The molecule has 2 atom stereocenters. The molecule has 0 saturated heterocycles. The molecule has 0 fully saturated rings. The van der Waals surface area contributed by atoms with Crippen molar-refractivity contribution in [1.82, 2.24) is 0 Å². The molecular weight excluding hydrogens is 162 g/mol. The first-order valence-electron chi connectivity index (χ1n) is 3.60. The summed E-state index contributed by atoms with van der Waals surface area (Å²) < 4.78 is 0. The van der Waals surface area contributed by atoms with Gasteiger partial charge in [0.1, 0.15) is 0 Å². The van der Waals surface area contributed by atoms with E-state index >= 15 is 0 Å². The third-order valence-corrected chi connectivity index (χ3v) is 1.82. The van der Waals surface area contributed by atoms with Gasteiger partial charge >= 0.3 is 11.9 Å². The molecule has 0 radical (unpaired) electrons. The fourth-order valence-corrected chi connectivity index (χ4v) is 1.20. The van der Waals surface area contributed by atoms with Crippen LogP contribution in [0.25, 0.3) is 0 Å². The van der Waals surface area contributed by atoms with Crippen molar-refractivity contribution in [2.24, 2.45) is 10.9 Å². The number of hydrogen-bond acceptors (Lipinski definition) is 3. The highest BCUT2D eigenvalue weighted by Crippen LogP contribution is 2.18. The van der Waals surface area contributed by atoms with Gasteiger partial charge in [-0.3, -0.25) is 9.79 Å². The van der Waals surface area contributed by atoms with E-state index in [2.05, 4.69) is 4.99 Å². The van der Waals surface area contributed by atoms with Crippen molar-refractivity contribution in [2.75, 3.05) is 0 Å². The summed E-state index contributed by atoms with van der Waals surface area (Å²) in [5.41, 5.74) is 0. The molecule has 1 rings (SSSR count).